The number of ether oxygens (including phenoxy) is 1. The minimum absolute atomic E-state index is 0.174. The summed E-state index contributed by atoms with van der Waals surface area (Å²) in [6.45, 7) is 4.43. The summed E-state index contributed by atoms with van der Waals surface area (Å²) in [5.74, 6) is -2.44. The maximum absolute atomic E-state index is 14.0. The first kappa shape index (κ1) is 34.3. The monoisotopic (exact) mass is 686 g/mol. The smallest absolute Gasteiger partial charge is 0.259 e. The SMILES string of the molecule is CCCCCN(C)C(=O)[C@@H]1C[C@H](Oc2nc(-c3ccc(C#N)cc3)nc3ccccc23)C[C@H]1C(=O)N[C@]1(C(=O)NS(=O)(=O)C2CC2)C[C@H]1C. The summed E-state index contributed by atoms with van der Waals surface area (Å²) < 4.78 is 33.9. The van der Waals surface area contributed by atoms with Gasteiger partial charge in [0.05, 0.1) is 39.6 Å². The van der Waals surface area contributed by atoms with Crippen molar-refractivity contribution in [1.29, 1.82) is 5.26 Å². The summed E-state index contributed by atoms with van der Waals surface area (Å²) in [7, 11) is -2.06. The van der Waals surface area contributed by atoms with Crippen molar-refractivity contribution in [2.75, 3.05) is 13.6 Å². The standard InChI is InChI=1S/C36H42N6O6S/c1-4-5-8-17-42(3)34(44)29-19-25(18-28(29)32(43)40-36(20-22(36)2)35(45)41-49(46,47)26-15-16-26)48-33-27-9-6-7-10-30(27)38-31(39-33)24-13-11-23(21-37)12-14-24/h6-7,9-14,22,25-26,28-29H,4-5,8,15-20H2,1-3H3,(H,40,43)(H,41,45)/t22-,25-,28-,29-,36-/m1/s1. The molecule has 5 atom stereocenters. The molecule has 0 radical (unpaired) electrons. The van der Waals surface area contributed by atoms with Crippen molar-refractivity contribution in [3.05, 3.63) is 54.1 Å². The molecule has 3 aliphatic rings. The fourth-order valence-electron chi connectivity index (χ4n) is 6.73. The molecule has 0 aliphatic heterocycles. The first-order valence-corrected chi connectivity index (χ1v) is 18.6. The minimum atomic E-state index is -3.80. The normalized spacial score (nSPS) is 24.5. The lowest BCUT2D eigenvalue weighted by Gasteiger charge is -2.26. The number of para-hydroxylation sites is 1. The number of sulfonamides is 1. The molecule has 3 aliphatic carbocycles. The number of unbranched alkanes of at least 4 members (excludes halogenated alkanes) is 2. The molecule has 0 bridgehead atoms. The van der Waals surface area contributed by atoms with E-state index in [1.54, 1.807) is 43.1 Å². The van der Waals surface area contributed by atoms with Crippen molar-refractivity contribution >= 4 is 38.6 Å². The van der Waals surface area contributed by atoms with Gasteiger partial charge < -0.3 is 15.0 Å². The number of carbonyl (C=O) groups is 3. The van der Waals surface area contributed by atoms with Crippen LogP contribution in [0.2, 0.25) is 0 Å². The largest absolute Gasteiger partial charge is 0.474 e. The second-order valence-electron chi connectivity index (χ2n) is 13.7. The van der Waals surface area contributed by atoms with E-state index < -0.39 is 50.6 Å². The summed E-state index contributed by atoms with van der Waals surface area (Å²) >= 11 is 0. The summed E-state index contributed by atoms with van der Waals surface area (Å²) in [4.78, 5) is 52.3. The van der Waals surface area contributed by atoms with Gasteiger partial charge in [-0.05, 0) is 80.8 Å². The highest BCUT2D eigenvalue weighted by Gasteiger charge is 2.61. The van der Waals surface area contributed by atoms with Gasteiger partial charge in [-0.15, -0.1) is 0 Å². The predicted octanol–water partition coefficient (Wildman–Crippen LogP) is 4.09. The van der Waals surface area contributed by atoms with E-state index in [0.717, 1.165) is 19.3 Å². The van der Waals surface area contributed by atoms with Crippen molar-refractivity contribution in [2.24, 2.45) is 17.8 Å². The second kappa shape index (κ2) is 13.7. The number of carbonyl (C=O) groups excluding carboxylic acids is 3. The number of hydrogen-bond donors (Lipinski definition) is 2. The molecule has 0 saturated heterocycles. The molecule has 3 amide bonds. The first-order chi connectivity index (χ1) is 23.5. The maximum atomic E-state index is 14.0. The van der Waals surface area contributed by atoms with E-state index in [-0.39, 0.29) is 24.7 Å². The Morgan fingerprint density at radius 1 is 1.04 bits per heavy atom. The zero-order valence-electron chi connectivity index (χ0n) is 28.0. The molecular formula is C36H42N6O6S. The lowest BCUT2D eigenvalue weighted by atomic mass is 9.93. The van der Waals surface area contributed by atoms with E-state index in [0.29, 0.717) is 59.5 Å². The molecular weight excluding hydrogens is 644 g/mol. The fraction of sp³-hybridized carbons (Fsp3) is 0.500. The van der Waals surface area contributed by atoms with Crippen LogP contribution in [0.1, 0.15) is 70.8 Å². The van der Waals surface area contributed by atoms with Crippen LogP contribution in [-0.2, 0) is 24.4 Å². The molecule has 1 aromatic heterocycles. The topological polar surface area (TPSA) is 171 Å². The highest BCUT2D eigenvalue weighted by molar-refractivity contribution is 7.91. The second-order valence-corrected chi connectivity index (χ2v) is 15.7. The van der Waals surface area contributed by atoms with Crippen molar-refractivity contribution < 1.29 is 27.5 Å². The molecule has 258 valence electrons. The van der Waals surface area contributed by atoms with E-state index in [9.17, 15) is 28.1 Å². The van der Waals surface area contributed by atoms with Gasteiger partial charge in [0.25, 0.3) is 5.91 Å². The molecule has 49 heavy (non-hydrogen) atoms. The lowest BCUT2D eigenvalue weighted by molar-refractivity contribution is -0.140. The Kier molecular flexibility index (Phi) is 9.62. The summed E-state index contributed by atoms with van der Waals surface area (Å²) in [6, 6.07) is 16.4. The third kappa shape index (κ3) is 7.25. The van der Waals surface area contributed by atoms with Crippen molar-refractivity contribution in [3.8, 4) is 23.3 Å². The summed E-state index contributed by atoms with van der Waals surface area (Å²) in [6.07, 6.45) is 4.02. The number of rotatable bonds is 13. The maximum Gasteiger partial charge on any atom is 0.259 e. The number of nitriles is 1. The van der Waals surface area contributed by atoms with Gasteiger partial charge in [-0.1, -0.05) is 38.8 Å². The van der Waals surface area contributed by atoms with Crippen LogP contribution >= 0.6 is 0 Å². The third-order valence-corrected chi connectivity index (χ3v) is 11.8. The minimum Gasteiger partial charge on any atom is -0.474 e. The van der Waals surface area contributed by atoms with E-state index in [2.05, 4.69) is 23.0 Å². The van der Waals surface area contributed by atoms with E-state index >= 15 is 0 Å². The van der Waals surface area contributed by atoms with Crippen molar-refractivity contribution in [3.63, 3.8) is 0 Å². The number of fused-ring (bicyclic) bond motifs is 1. The van der Waals surface area contributed by atoms with Crippen LogP contribution in [0.3, 0.4) is 0 Å². The van der Waals surface area contributed by atoms with Gasteiger partial charge in [0.15, 0.2) is 5.82 Å². The number of aromatic nitrogens is 2. The Morgan fingerprint density at radius 2 is 1.73 bits per heavy atom. The molecule has 3 fully saturated rings. The van der Waals surface area contributed by atoms with Gasteiger partial charge in [0.1, 0.15) is 11.6 Å². The summed E-state index contributed by atoms with van der Waals surface area (Å²) in [5.41, 5.74) is 0.512. The van der Waals surface area contributed by atoms with Gasteiger partial charge in [-0.3, -0.25) is 19.1 Å². The van der Waals surface area contributed by atoms with Gasteiger partial charge in [0, 0.05) is 19.2 Å². The number of nitrogens with one attached hydrogen (secondary N) is 2. The average molecular weight is 687 g/mol. The van der Waals surface area contributed by atoms with E-state index in [1.807, 2.05) is 24.3 Å². The molecule has 3 saturated carbocycles. The average Bonchev–Trinajstić information content (AvgIpc) is 4.01. The van der Waals surface area contributed by atoms with Crippen molar-refractivity contribution in [2.45, 2.75) is 82.1 Å². The van der Waals surface area contributed by atoms with Crippen LogP contribution in [0.25, 0.3) is 22.3 Å². The molecule has 3 aromatic rings. The molecule has 1 heterocycles. The van der Waals surface area contributed by atoms with Gasteiger partial charge in [-0.2, -0.15) is 10.2 Å². The van der Waals surface area contributed by atoms with Crippen LogP contribution < -0.4 is 14.8 Å². The molecule has 2 aromatic carbocycles. The summed E-state index contributed by atoms with van der Waals surface area (Å²) in [5, 5.41) is 12.2. The number of hydrogen-bond acceptors (Lipinski definition) is 9. The van der Waals surface area contributed by atoms with E-state index in [4.69, 9.17) is 14.7 Å². The van der Waals surface area contributed by atoms with Crippen LogP contribution in [0.4, 0.5) is 0 Å². The number of nitrogens with zero attached hydrogens (tertiary/aromatic N) is 4. The Morgan fingerprint density at radius 3 is 2.39 bits per heavy atom. The van der Waals surface area contributed by atoms with E-state index in [1.165, 1.54) is 0 Å². The van der Waals surface area contributed by atoms with Crippen molar-refractivity contribution in [1.82, 2.24) is 24.9 Å². The zero-order chi connectivity index (χ0) is 34.9. The van der Waals surface area contributed by atoms with Gasteiger partial charge in [-0.25, -0.2) is 13.4 Å². The number of amides is 3. The fourth-order valence-corrected chi connectivity index (χ4v) is 8.09. The Labute approximate surface area is 286 Å². The molecule has 6 rings (SSSR count). The highest BCUT2D eigenvalue weighted by atomic mass is 32.2. The third-order valence-electron chi connectivity index (χ3n) is 10.0. The number of benzene rings is 2. The quantitative estimate of drug-likeness (QED) is 0.251. The Bertz CT molecular complexity index is 1910. The predicted molar refractivity (Wildman–Crippen MR) is 182 cm³/mol. The molecule has 0 spiro atoms. The van der Waals surface area contributed by atoms with Crippen LogP contribution in [0.15, 0.2) is 48.5 Å². The zero-order valence-corrected chi connectivity index (χ0v) is 28.8. The first-order valence-electron chi connectivity index (χ1n) is 17.0. The highest BCUT2D eigenvalue weighted by Crippen LogP contribution is 2.45. The van der Waals surface area contributed by atoms with Crippen LogP contribution in [0.5, 0.6) is 5.88 Å². The van der Waals surface area contributed by atoms with Crippen LogP contribution in [0, 0.1) is 29.1 Å². The van der Waals surface area contributed by atoms with Gasteiger partial charge in [0.2, 0.25) is 27.7 Å². The molecule has 0 unspecified atom stereocenters. The Balaban J connectivity index is 1.26. The molecule has 12 nitrogen and oxygen atoms in total. The van der Waals surface area contributed by atoms with Gasteiger partial charge >= 0.3 is 0 Å². The molecule has 13 heteroatoms. The Hall–Kier alpha value is -4.57. The lowest BCUT2D eigenvalue weighted by Crippen LogP contribution is -2.54. The molecule has 2 N–H and O–H groups in total. The van der Waals surface area contributed by atoms with Crippen LogP contribution in [-0.4, -0.2) is 71.5 Å².